The second-order valence-electron chi connectivity index (χ2n) is 3.15. The summed E-state index contributed by atoms with van der Waals surface area (Å²) in [5.74, 6) is 0.507. The Bertz CT molecular complexity index is 524. The zero-order chi connectivity index (χ0) is 12.3. The van der Waals surface area contributed by atoms with Gasteiger partial charge in [-0.3, -0.25) is 10.1 Å². The van der Waals surface area contributed by atoms with Crippen molar-refractivity contribution >= 4 is 11.4 Å². The molecule has 7 nitrogen and oxygen atoms in total. The predicted molar refractivity (Wildman–Crippen MR) is 59.6 cm³/mol. The third-order valence-corrected chi connectivity index (χ3v) is 1.91. The summed E-state index contributed by atoms with van der Waals surface area (Å²) in [6.45, 7) is 0. The minimum absolute atomic E-state index is 0.0420. The van der Waals surface area contributed by atoms with Crippen molar-refractivity contribution in [3.05, 3.63) is 46.8 Å². The van der Waals surface area contributed by atoms with E-state index in [0.29, 0.717) is 11.4 Å². The van der Waals surface area contributed by atoms with E-state index in [0.717, 1.165) is 12.4 Å². The van der Waals surface area contributed by atoms with Gasteiger partial charge >= 0.3 is 11.7 Å². The normalized spacial score (nSPS) is 9.88. The fraction of sp³-hybridized carbons (Fsp3) is 0. The number of hydrogen-bond donors (Lipinski definition) is 1. The van der Waals surface area contributed by atoms with Crippen molar-refractivity contribution in [3.8, 4) is 11.8 Å². The zero-order valence-electron chi connectivity index (χ0n) is 8.61. The van der Waals surface area contributed by atoms with Crippen LogP contribution in [0.4, 0.5) is 11.4 Å². The van der Waals surface area contributed by atoms with Crippen molar-refractivity contribution < 1.29 is 9.66 Å². The lowest BCUT2D eigenvalue weighted by atomic mass is 10.3. The Morgan fingerprint density at radius 3 is 2.29 bits per heavy atom. The van der Waals surface area contributed by atoms with Crippen molar-refractivity contribution in [1.82, 2.24) is 9.97 Å². The highest BCUT2D eigenvalue weighted by Gasteiger charge is 2.07. The van der Waals surface area contributed by atoms with Gasteiger partial charge in [-0.1, -0.05) is 0 Å². The van der Waals surface area contributed by atoms with Crippen LogP contribution in [0.15, 0.2) is 36.7 Å². The van der Waals surface area contributed by atoms with Crippen molar-refractivity contribution in [1.29, 1.82) is 0 Å². The maximum Gasteiger partial charge on any atom is 0.322 e. The first-order valence-corrected chi connectivity index (χ1v) is 4.65. The summed E-state index contributed by atoms with van der Waals surface area (Å²) >= 11 is 0. The second-order valence-corrected chi connectivity index (χ2v) is 3.15. The van der Waals surface area contributed by atoms with E-state index in [1.54, 1.807) is 24.3 Å². The van der Waals surface area contributed by atoms with Gasteiger partial charge in [-0.25, -0.2) is 0 Å². The van der Waals surface area contributed by atoms with Gasteiger partial charge in [0, 0.05) is 5.69 Å². The van der Waals surface area contributed by atoms with Gasteiger partial charge in [0.15, 0.2) is 0 Å². The lowest BCUT2D eigenvalue weighted by Crippen LogP contribution is -1.94. The summed E-state index contributed by atoms with van der Waals surface area (Å²) in [5.41, 5.74) is 5.94. The number of nitro groups is 1. The molecule has 2 N–H and O–H groups in total. The van der Waals surface area contributed by atoms with Crippen LogP contribution in [0.5, 0.6) is 11.8 Å². The first-order valence-electron chi connectivity index (χ1n) is 4.65. The molecule has 0 aliphatic carbocycles. The summed E-state index contributed by atoms with van der Waals surface area (Å²) in [6, 6.07) is 6.68. The van der Waals surface area contributed by atoms with Crippen molar-refractivity contribution in [2.75, 3.05) is 5.73 Å². The highest BCUT2D eigenvalue weighted by atomic mass is 16.6. The highest BCUT2D eigenvalue weighted by molar-refractivity contribution is 5.42. The number of hydrogen-bond acceptors (Lipinski definition) is 6. The average molecular weight is 232 g/mol. The van der Waals surface area contributed by atoms with Crippen LogP contribution in [0.1, 0.15) is 0 Å². The van der Waals surface area contributed by atoms with Gasteiger partial charge in [0.25, 0.3) is 0 Å². The molecule has 0 radical (unpaired) electrons. The number of benzene rings is 1. The van der Waals surface area contributed by atoms with E-state index < -0.39 is 4.92 Å². The molecule has 0 unspecified atom stereocenters. The first kappa shape index (κ1) is 10.8. The Labute approximate surface area is 96.0 Å². The number of ether oxygens (including phenoxy) is 1. The van der Waals surface area contributed by atoms with Crippen molar-refractivity contribution in [2.24, 2.45) is 0 Å². The minimum Gasteiger partial charge on any atom is -0.424 e. The molecular weight excluding hydrogens is 224 g/mol. The first-order chi connectivity index (χ1) is 8.15. The molecule has 0 spiro atoms. The number of nitrogens with two attached hydrogens (primary N) is 1. The van der Waals surface area contributed by atoms with E-state index in [1.165, 1.54) is 0 Å². The number of aromatic nitrogens is 2. The van der Waals surface area contributed by atoms with Crippen molar-refractivity contribution in [3.63, 3.8) is 0 Å². The van der Waals surface area contributed by atoms with E-state index in [4.69, 9.17) is 10.5 Å². The van der Waals surface area contributed by atoms with E-state index in [-0.39, 0.29) is 11.7 Å². The van der Waals surface area contributed by atoms with Crippen LogP contribution in [-0.2, 0) is 0 Å². The Balaban J connectivity index is 2.13. The van der Waals surface area contributed by atoms with Crippen LogP contribution in [-0.4, -0.2) is 14.9 Å². The smallest absolute Gasteiger partial charge is 0.322 e. The lowest BCUT2D eigenvalue weighted by molar-refractivity contribution is -0.385. The van der Waals surface area contributed by atoms with E-state index >= 15 is 0 Å². The SMILES string of the molecule is Nc1ccc(Oc2ncc([N+](=O)[O-])cn2)cc1. The van der Waals surface area contributed by atoms with Crippen molar-refractivity contribution in [2.45, 2.75) is 0 Å². The summed E-state index contributed by atoms with van der Waals surface area (Å²) in [4.78, 5) is 17.2. The summed E-state index contributed by atoms with van der Waals surface area (Å²) in [5, 5.41) is 10.4. The van der Waals surface area contributed by atoms with Gasteiger partial charge < -0.3 is 10.5 Å². The molecule has 1 aromatic carbocycles. The van der Waals surface area contributed by atoms with Gasteiger partial charge in [-0.15, -0.1) is 0 Å². The number of nitrogens with zero attached hydrogens (tertiary/aromatic N) is 3. The number of nitrogen functional groups attached to an aromatic ring is 1. The molecule has 0 bridgehead atoms. The molecule has 1 aromatic heterocycles. The summed E-state index contributed by atoms with van der Waals surface area (Å²) in [7, 11) is 0. The molecule has 0 saturated heterocycles. The molecule has 86 valence electrons. The van der Waals surface area contributed by atoms with Crippen LogP contribution in [0.3, 0.4) is 0 Å². The van der Waals surface area contributed by atoms with Crippen LogP contribution in [0.2, 0.25) is 0 Å². The Morgan fingerprint density at radius 1 is 1.18 bits per heavy atom. The Kier molecular flexibility index (Phi) is 2.82. The molecule has 0 saturated carbocycles. The number of anilines is 1. The molecule has 2 aromatic rings. The summed E-state index contributed by atoms with van der Waals surface area (Å²) in [6.07, 6.45) is 2.17. The molecular formula is C10H8N4O3. The van der Waals surface area contributed by atoms with E-state index in [1.807, 2.05) is 0 Å². The van der Waals surface area contributed by atoms with Crippen LogP contribution >= 0.6 is 0 Å². The minimum atomic E-state index is -0.576. The maximum absolute atomic E-state index is 10.4. The molecule has 0 aliphatic rings. The fourth-order valence-electron chi connectivity index (χ4n) is 1.10. The van der Waals surface area contributed by atoms with Gasteiger partial charge in [0.1, 0.15) is 18.1 Å². The third kappa shape index (κ3) is 2.65. The lowest BCUT2D eigenvalue weighted by Gasteiger charge is -2.02. The second kappa shape index (κ2) is 4.44. The Hall–Kier alpha value is -2.70. The molecule has 7 heteroatoms. The molecule has 0 fully saturated rings. The van der Waals surface area contributed by atoms with E-state index in [9.17, 15) is 10.1 Å². The average Bonchev–Trinajstić information content (AvgIpc) is 2.33. The zero-order valence-corrected chi connectivity index (χ0v) is 8.61. The molecule has 17 heavy (non-hydrogen) atoms. The topological polar surface area (TPSA) is 104 Å². The molecule has 2 rings (SSSR count). The van der Waals surface area contributed by atoms with Crippen LogP contribution in [0, 0.1) is 10.1 Å². The van der Waals surface area contributed by atoms with E-state index in [2.05, 4.69) is 9.97 Å². The fourth-order valence-corrected chi connectivity index (χ4v) is 1.10. The molecule has 0 atom stereocenters. The molecule has 1 heterocycles. The highest BCUT2D eigenvalue weighted by Crippen LogP contribution is 2.19. The quantitative estimate of drug-likeness (QED) is 0.491. The van der Waals surface area contributed by atoms with Crippen LogP contribution in [0.25, 0.3) is 0 Å². The monoisotopic (exact) mass is 232 g/mol. The van der Waals surface area contributed by atoms with Gasteiger partial charge in [0.2, 0.25) is 0 Å². The van der Waals surface area contributed by atoms with Gasteiger partial charge in [0.05, 0.1) is 4.92 Å². The number of rotatable bonds is 3. The maximum atomic E-state index is 10.4. The predicted octanol–water partition coefficient (Wildman–Crippen LogP) is 1.76. The Morgan fingerprint density at radius 2 is 1.76 bits per heavy atom. The van der Waals surface area contributed by atoms with Gasteiger partial charge in [-0.2, -0.15) is 9.97 Å². The molecule has 0 amide bonds. The molecule has 0 aliphatic heterocycles. The van der Waals surface area contributed by atoms with Gasteiger partial charge in [-0.05, 0) is 24.3 Å². The standard InChI is InChI=1S/C10H8N4O3/c11-7-1-3-9(4-2-7)17-10-12-5-8(6-13-10)14(15)16/h1-6H,11H2. The van der Waals surface area contributed by atoms with Crippen LogP contribution < -0.4 is 10.5 Å². The largest absolute Gasteiger partial charge is 0.424 e. The third-order valence-electron chi connectivity index (χ3n) is 1.91. The summed E-state index contributed by atoms with van der Waals surface area (Å²) < 4.78 is 5.27.